The third-order valence-electron chi connectivity index (χ3n) is 6.00. The highest BCUT2D eigenvalue weighted by Crippen LogP contribution is 2.35. The number of nitrogens with zero attached hydrogens (tertiary/aromatic N) is 3. The first-order valence-corrected chi connectivity index (χ1v) is 12.6. The van der Waals surface area contributed by atoms with Crippen molar-refractivity contribution in [2.24, 2.45) is 0 Å². The van der Waals surface area contributed by atoms with Crippen LogP contribution in [-0.2, 0) is 11.3 Å². The second-order valence-electron chi connectivity index (χ2n) is 8.44. The second-order valence-corrected chi connectivity index (χ2v) is 9.89. The molecule has 0 saturated carbocycles. The van der Waals surface area contributed by atoms with E-state index in [1.165, 1.54) is 11.3 Å². The van der Waals surface area contributed by atoms with E-state index in [0.717, 1.165) is 32.6 Å². The predicted octanol–water partition coefficient (Wildman–Crippen LogP) is 7.41. The van der Waals surface area contributed by atoms with Gasteiger partial charge in [-0.25, -0.2) is 4.98 Å². The number of aryl methyl sites for hydroxylation is 1. The Hall–Kier alpha value is -3.54. The summed E-state index contributed by atoms with van der Waals surface area (Å²) in [6.07, 6.45) is 2.06. The van der Waals surface area contributed by atoms with Crippen molar-refractivity contribution in [2.45, 2.75) is 25.8 Å². The molecule has 0 saturated heterocycles. The van der Waals surface area contributed by atoms with Gasteiger partial charge in [-0.05, 0) is 47.9 Å². The number of amides is 1. The van der Waals surface area contributed by atoms with Gasteiger partial charge in [-0.15, -0.1) is 0 Å². The minimum absolute atomic E-state index is 0.00355. The molecular weight excluding hydrogens is 474 g/mol. The fraction of sp³-hybridized carbons (Fsp3) is 0.138. The summed E-state index contributed by atoms with van der Waals surface area (Å²) < 4.78 is 0.964. The maximum absolute atomic E-state index is 14.0. The van der Waals surface area contributed by atoms with Crippen LogP contribution in [0, 0.1) is 6.92 Å². The summed E-state index contributed by atoms with van der Waals surface area (Å²) in [4.78, 5) is 25.1. The lowest BCUT2D eigenvalue weighted by Gasteiger charge is -2.24. The molecule has 4 nitrogen and oxygen atoms in total. The normalized spacial score (nSPS) is 11.2. The molecule has 0 unspecified atom stereocenters. The van der Waals surface area contributed by atoms with Crippen LogP contribution in [0.3, 0.4) is 0 Å². The van der Waals surface area contributed by atoms with Crippen LogP contribution in [0.25, 0.3) is 10.2 Å². The first kappa shape index (κ1) is 23.2. The molecule has 35 heavy (non-hydrogen) atoms. The summed E-state index contributed by atoms with van der Waals surface area (Å²) in [6.45, 7) is 2.34. The zero-order valence-electron chi connectivity index (χ0n) is 19.3. The van der Waals surface area contributed by atoms with E-state index in [2.05, 4.69) is 29.2 Å². The van der Waals surface area contributed by atoms with Gasteiger partial charge in [0.25, 0.3) is 0 Å². The molecule has 2 aromatic heterocycles. The lowest BCUT2D eigenvalue weighted by atomic mass is 9.88. The lowest BCUT2D eigenvalue weighted by Crippen LogP contribution is -2.32. The van der Waals surface area contributed by atoms with E-state index in [9.17, 15) is 4.79 Å². The number of thiazole rings is 1. The minimum atomic E-state index is -0.0679. The minimum Gasteiger partial charge on any atom is -0.282 e. The monoisotopic (exact) mass is 497 g/mol. The number of carbonyl (C=O) groups is 1. The number of halogens is 1. The molecule has 0 bridgehead atoms. The van der Waals surface area contributed by atoms with Crippen molar-refractivity contribution >= 4 is 44.2 Å². The van der Waals surface area contributed by atoms with Crippen molar-refractivity contribution in [3.05, 3.63) is 125 Å². The second kappa shape index (κ2) is 10.4. The number of aromatic nitrogens is 2. The Morgan fingerprint density at radius 1 is 0.943 bits per heavy atom. The molecule has 5 rings (SSSR count). The number of hydrogen-bond donors (Lipinski definition) is 0. The summed E-state index contributed by atoms with van der Waals surface area (Å²) in [5, 5.41) is 1.32. The average molecular weight is 498 g/mol. The molecule has 3 aromatic carbocycles. The van der Waals surface area contributed by atoms with Crippen LogP contribution in [0.4, 0.5) is 5.13 Å². The Morgan fingerprint density at radius 3 is 2.23 bits per heavy atom. The van der Waals surface area contributed by atoms with Gasteiger partial charge in [0.05, 0.1) is 22.5 Å². The summed E-state index contributed by atoms with van der Waals surface area (Å²) in [6, 6.07) is 29.9. The first-order valence-electron chi connectivity index (χ1n) is 11.5. The SMILES string of the molecule is Cc1cc(Cl)cc2sc(N(Cc3ccccn3)C(=O)CC(c3ccccc3)c3ccccc3)nc12. The lowest BCUT2D eigenvalue weighted by molar-refractivity contribution is -0.119. The predicted molar refractivity (Wildman–Crippen MR) is 144 cm³/mol. The molecule has 5 aromatic rings. The van der Waals surface area contributed by atoms with Crippen molar-refractivity contribution in [1.29, 1.82) is 0 Å². The quantitative estimate of drug-likeness (QED) is 0.235. The van der Waals surface area contributed by atoms with Crippen LogP contribution < -0.4 is 4.90 Å². The average Bonchev–Trinajstić information content (AvgIpc) is 3.31. The van der Waals surface area contributed by atoms with Crippen molar-refractivity contribution in [1.82, 2.24) is 9.97 Å². The van der Waals surface area contributed by atoms with Gasteiger partial charge in [-0.1, -0.05) is 89.7 Å². The third-order valence-corrected chi connectivity index (χ3v) is 7.24. The van der Waals surface area contributed by atoms with Crippen LogP contribution >= 0.6 is 22.9 Å². The Balaban J connectivity index is 1.54. The fourth-order valence-corrected chi connectivity index (χ4v) is 5.69. The molecule has 174 valence electrons. The summed E-state index contributed by atoms with van der Waals surface area (Å²) in [7, 11) is 0. The first-order chi connectivity index (χ1) is 17.1. The summed E-state index contributed by atoms with van der Waals surface area (Å²) in [5.41, 5.74) is 4.89. The molecule has 0 radical (unpaired) electrons. The van der Waals surface area contributed by atoms with Crippen LogP contribution in [0.5, 0.6) is 0 Å². The summed E-state index contributed by atoms with van der Waals surface area (Å²) >= 11 is 7.78. The molecule has 0 aliphatic carbocycles. The van der Waals surface area contributed by atoms with Gasteiger partial charge in [0.1, 0.15) is 0 Å². The number of fused-ring (bicyclic) bond motifs is 1. The molecular formula is C29H24ClN3OS. The fourth-order valence-electron chi connectivity index (χ4n) is 4.26. The van der Waals surface area contributed by atoms with E-state index in [4.69, 9.17) is 16.6 Å². The highest BCUT2D eigenvalue weighted by atomic mass is 35.5. The van der Waals surface area contributed by atoms with Crippen molar-refractivity contribution < 1.29 is 4.79 Å². The number of benzene rings is 3. The van der Waals surface area contributed by atoms with Gasteiger partial charge in [-0.3, -0.25) is 14.7 Å². The zero-order chi connectivity index (χ0) is 24.2. The highest BCUT2D eigenvalue weighted by Gasteiger charge is 2.26. The molecule has 2 heterocycles. The van der Waals surface area contributed by atoms with Gasteiger partial charge in [-0.2, -0.15) is 0 Å². The van der Waals surface area contributed by atoms with Crippen LogP contribution in [0.2, 0.25) is 5.02 Å². The molecule has 0 aliphatic rings. The van der Waals surface area contributed by atoms with Gasteiger partial charge in [0, 0.05) is 23.6 Å². The van der Waals surface area contributed by atoms with Crippen LogP contribution in [-0.4, -0.2) is 15.9 Å². The Bertz CT molecular complexity index is 1400. The van der Waals surface area contributed by atoms with Crippen molar-refractivity contribution in [2.75, 3.05) is 4.90 Å². The van der Waals surface area contributed by atoms with Crippen molar-refractivity contribution in [3.8, 4) is 0 Å². The van der Waals surface area contributed by atoms with E-state index in [1.54, 1.807) is 11.1 Å². The number of rotatable bonds is 7. The van der Waals surface area contributed by atoms with Crippen LogP contribution in [0.1, 0.15) is 34.7 Å². The number of anilines is 1. The standard InChI is InChI=1S/C29H24ClN3OS/c1-20-16-23(30)17-26-28(20)32-29(35-26)33(19-24-14-8-9-15-31-24)27(34)18-25(21-10-4-2-5-11-21)22-12-6-3-7-13-22/h2-17,25H,18-19H2,1H3. The Morgan fingerprint density at radius 2 is 1.60 bits per heavy atom. The van der Waals surface area contributed by atoms with E-state index in [0.29, 0.717) is 23.1 Å². The van der Waals surface area contributed by atoms with E-state index < -0.39 is 0 Å². The maximum Gasteiger partial charge on any atom is 0.230 e. The van der Waals surface area contributed by atoms with E-state index in [1.807, 2.05) is 73.7 Å². The highest BCUT2D eigenvalue weighted by molar-refractivity contribution is 7.22. The van der Waals surface area contributed by atoms with Gasteiger partial charge >= 0.3 is 0 Å². The third kappa shape index (κ3) is 5.26. The molecule has 0 atom stereocenters. The number of pyridine rings is 1. The largest absolute Gasteiger partial charge is 0.282 e. The molecule has 0 N–H and O–H groups in total. The number of hydrogen-bond acceptors (Lipinski definition) is 4. The van der Waals surface area contributed by atoms with Gasteiger partial charge in [0.15, 0.2) is 5.13 Å². The van der Waals surface area contributed by atoms with E-state index >= 15 is 0 Å². The van der Waals surface area contributed by atoms with Crippen LogP contribution in [0.15, 0.2) is 97.2 Å². The molecule has 1 amide bonds. The molecule has 0 fully saturated rings. The van der Waals surface area contributed by atoms with Gasteiger partial charge in [0.2, 0.25) is 5.91 Å². The topological polar surface area (TPSA) is 46.1 Å². The maximum atomic E-state index is 14.0. The molecule has 0 aliphatic heterocycles. The number of carbonyl (C=O) groups excluding carboxylic acids is 1. The van der Waals surface area contributed by atoms with E-state index in [-0.39, 0.29) is 11.8 Å². The smallest absolute Gasteiger partial charge is 0.230 e. The zero-order valence-corrected chi connectivity index (χ0v) is 20.8. The molecule has 6 heteroatoms. The van der Waals surface area contributed by atoms with Crippen molar-refractivity contribution in [3.63, 3.8) is 0 Å². The summed E-state index contributed by atoms with van der Waals surface area (Å²) in [5.74, 6) is -0.0714. The molecule has 0 spiro atoms. The Kier molecular flexibility index (Phi) is 6.89. The van der Waals surface area contributed by atoms with Gasteiger partial charge < -0.3 is 0 Å². The Labute approximate surface area is 213 Å².